The smallest absolute Gasteiger partial charge is 0.139 e. The highest BCUT2D eigenvalue weighted by atomic mass is 16.5. The number of para-hydroxylation sites is 1. The van der Waals surface area contributed by atoms with E-state index in [0.717, 1.165) is 59.4 Å². The number of ether oxygens (including phenoxy) is 1. The van der Waals surface area contributed by atoms with Gasteiger partial charge in [-0.25, -0.2) is 9.97 Å². The summed E-state index contributed by atoms with van der Waals surface area (Å²) in [6.07, 6.45) is 3.86. The van der Waals surface area contributed by atoms with Crippen molar-refractivity contribution >= 4 is 27.6 Å². The molecule has 0 amide bonds. The molecule has 28 heavy (non-hydrogen) atoms. The number of fused-ring (bicyclic) bond motifs is 2. The molecule has 0 radical (unpaired) electrons. The Morgan fingerprint density at radius 2 is 1.93 bits per heavy atom. The monoisotopic (exact) mass is 373 g/mol. The van der Waals surface area contributed by atoms with Gasteiger partial charge in [-0.05, 0) is 43.2 Å². The molecule has 3 heterocycles. The maximum Gasteiger partial charge on any atom is 0.139 e. The molecule has 0 unspecified atom stereocenters. The fourth-order valence-electron chi connectivity index (χ4n) is 3.95. The van der Waals surface area contributed by atoms with E-state index in [0.29, 0.717) is 6.04 Å². The third-order valence-corrected chi connectivity index (χ3v) is 5.57. The van der Waals surface area contributed by atoms with Gasteiger partial charge in [0.15, 0.2) is 0 Å². The number of benzene rings is 2. The van der Waals surface area contributed by atoms with Crippen LogP contribution in [0.5, 0.6) is 5.75 Å². The Morgan fingerprint density at radius 1 is 1.07 bits per heavy atom. The first kappa shape index (κ1) is 17.0. The van der Waals surface area contributed by atoms with Crippen molar-refractivity contribution in [1.29, 1.82) is 0 Å². The number of nitrogens with two attached hydrogens (primary N) is 1. The van der Waals surface area contributed by atoms with Crippen LogP contribution >= 0.6 is 0 Å². The highest BCUT2D eigenvalue weighted by Gasteiger charge is 2.19. The van der Waals surface area contributed by atoms with Crippen molar-refractivity contribution in [3.05, 3.63) is 54.9 Å². The van der Waals surface area contributed by atoms with Crippen LogP contribution in [0.25, 0.3) is 27.8 Å². The van der Waals surface area contributed by atoms with Gasteiger partial charge in [-0.3, -0.25) is 4.57 Å². The average Bonchev–Trinajstić information content (AvgIpc) is 3.16. The van der Waals surface area contributed by atoms with E-state index in [1.165, 1.54) is 5.69 Å². The first-order chi connectivity index (χ1) is 13.7. The highest BCUT2D eigenvalue weighted by Crippen LogP contribution is 2.29. The number of piperidine rings is 1. The summed E-state index contributed by atoms with van der Waals surface area (Å²) in [6.45, 7) is 1.94. The number of nitrogens with zero attached hydrogens (tertiary/aromatic N) is 4. The van der Waals surface area contributed by atoms with Crippen molar-refractivity contribution in [2.24, 2.45) is 5.73 Å². The largest absolute Gasteiger partial charge is 0.497 e. The summed E-state index contributed by atoms with van der Waals surface area (Å²) in [5.74, 6) is 1.66. The molecule has 2 aromatic heterocycles. The lowest BCUT2D eigenvalue weighted by molar-refractivity contribution is 0.415. The van der Waals surface area contributed by atoms with Crippen LogP contribution < -0.4 is 15.4 Å². The van der Waals surface area contributed by atoms with Gasteiger partial charge in [-0.2, -0.15) is 0 Å². The third kappa shape index (κ3) is 2.86. The van der Waals surface area contributed by atoms with Crippen LogP contribution in [0.3, 0.4) is 0 Å². The van der Waals surface area contributed by atoms with Crippen molar-refractivity contribution in [2.45, 2.75) is 18.9 Å². The second kappa shape index (κ2) is 6.80. The minimum absolute atomic E-state index is 0.309. The second-order valence-electron chi connectivity index (χ2n) is 7.31. The van der Waals surface area contributed by atoms with Gasteiger partial charge in [0.25, 0.3) is 0 Å². The molecule has 1 aliphatic heterocycles. The van der Waals surface area contributed by atoms with Crippen LogP contribution in [0.2, 0.25) is 0 Å². The fourth-order valence-corrected chi connectivity index (χ4v) is 3.95. The van der Waals surface area contributed by atoms with Gasteiger partial charge in [0.05, 0.1) is 29.3 Å². The third-order valence-electron chi connectivity index (χ3n) is 5.57. The second-order valence-corrected chi connectivity index (χ2v) is 7.31. The van der Waals surface area contributed by atoms with Gasteiger partial charge >= 0.3 is 0 Å². The Bertz CT molecular complexity index is 1140. The Balaban J connectivity index is 1.61. The molecule has 1 fully saturated rings. The van der Waals surface area contributed by atoms with E-state index in [-0.39, 0.29) is 0 Å². The predicted molar refractivity (Wildman–Crippen MR) is 112 cm³/mol. The van der Waals surface area contributed by atoms with Gasteiger partial charge in [-0.1, -0.05) is 12.1 Å². The SMILES string of the molecule is COc1ccc2c(c1)ncn2-c1ccc2cccc(N3CCC(N)CC3)c2n1. The lowest BCUT2D eigenvalue weighted by atomic mass is 10.0. The first-order valence-corrected chi connectivity index (χ1v) is 9.65. The predicted octanol–water partition coefficient (Wildman–Crippen LogP) is 3.51. The number of imidazole rings is 1. The number of rotatable bonds is 3. The lowest BCUT2D eigenvalue weighted by Gasteiger charge is -2.32. The number of hydrogen-bond acceptors (Lipinski definition) is 5. The summed E-state index contributed by atoms with van der Waals surface area (Å²) in [7, 11) is 1.66. The summed E-state index contributed by atoms with van der Waals surface area (Å²) in [5, 5.41) is 1.14. The normalized spacial score (nSPS) is 15.4. The summed E-state index contributed by atoms with van der Waals surface area (Å²) in [4.78, 5) is 11.9. The summed E-state index contributed by atoms with van der Waals surface area (Å²) in [6, 6.07) is 16.8. The van der Waals surface area contributed by atoms with Gasteiger partial charge in [0.2, 0.25) is 0 Å². The van der Waals surface area contributed by atoms with Crippen molar-refractivity contribution in [1.82, 2.24) is 14.5 Å². The molecule has 0 atom stereocenters. The topological polar surface area (TPSA) is 69.2 Å². The Labute approximate surface area is 163 Å². The maximum atomic E-state index is 6.09. The standard InChI is InChI=1S/C22H23N5O/c1-28-17-6-7-19-18(13-17)24-14-27(19)21-8-5-15-3-2-4-20(22(15)25-21)26-11-9-16(23)10-12-26/h2-8,13-14,16H,9-12,23H2,1H3. The van der Waals surface area contributed by atoms with Crippen LogP contribution in [0.4, 0.5) is 5.69 Å². The summed E-state index contributed by atoms with van der Waals surface area (Å²) >= 11 is 0. The quantitative estimate of drug-likeness (QED) is 0.595. The Kier molecular flexibility index (Phi) is 4.13. The van der Waals surface area contributed by atoms with E-state index in [2.05, 4.69) is 34.1 Å². The molecule has 0 saturated carbocycles. The van der Waals surface area contributed by atoms with Crippen LogP contribution in [0, 0.1) is 0 Å². The number of anilines is 1. The van der Waals surface area contributed by atoms with E-state index >= 15 is 0 Å². The van der Waals surface area contributed by atoms with E-state index in [1.807, 2.05) is 35.2 Å². The molecular weight excluding hydrogens is 350 g/mol. The molecule has 1 saturated heterocycles. The molecule has 0 spiro atoms. The van der Waals surface area contributed by atoms with Crippen LogP contribution in [0.1, 0.15) is 12.8 Å². The van der Waals surface area contributed by atoms with Crippen LogP contribution in [-0.2, 0) is 0 Å². The number of aromatic nitrogens is 3. The maximum absolute atomic E-state index is 6.09. The summed E-state index contributed by atoms with van der Waals surface area (Å²) in [5.41, 5.74) is 10.2. The molecule has 1 aliphatic rings. The van der Waals surface area contributed by atoms with Gasteiger partial charge in [0.1, 0.15) is 17.9 Å². The van der Waals surface area contributed by atoms with Crippen LogP contribution in [-0.4, -0.2) is 40.8 Å². The van der Waals surface area contributed by atoms with Crippen molar-refractivity contribution in [3.8, 4) is 11.6 Å². The van der Waals surface area contributed by atoms with Gasteiger partial charge in [0, 0.05) is 30.6 Å². The molecule has 0 aliphatic carbocycles. The number of pyridine rings is 1. The molecule has 6 heteroatoms. The zero-order chi connectivity index (χ0) is 19.1. The molecule has 142 valence electrons. The molecule has 5 rings (SSSR count). The molecular formula is C22H23N5O. The van der Waals surface area contributed by atoms with Crippen molar-refractivity contribution < 1.29 is 4.74 Å². The average molecular weight is 373 g/mol. The van der Waals surface area contributed by atoms with Crippen LogP contribution in [0.15, 0.2) is 54.9 Å². The lowest BCUT2D eigenvalue weighted by Crippen LogP contribution is -2.39. The van der Waals surface area contributed by atoms with Crippen molar-refractivity contribution in [2.75, 3.05) is 25.1 Å². The van der Waals surface area contributed by atoms with E-state index < -0.39 is 0 Å². The first-order valence-electron chi connectivity index (χ1n) is 9.65. The van der Waals surface area contributed by atoms with Gasteiger partial charge < -0.3 is 15.4 Å². The number of methoxy groups -OCH3 is 1. The van der Waals surface area contributed by atoms with Crippen molar-refractivity contribution in [3.63, 3.8) is 0 Å². The minimum atomic E-state index is 0.309. The zero-order valence-electron chi connectivity index (χ0n) is 15.9. The molecule has 0 bridgehead atoms. The van der Waals surface area contributed by atoms with E-state index in [4.69, 9.17) is 15.5 Å². The Hall–Kier alpha value is -3.12. The molecule has 4 aromatic rings. The molecule has 2 N–H and O–H groups in total. The van der Waals surface area contributed by atoms with E-state index in [1.54, 1.807) is 7.11 Å². The fraction of sp³-hybridized carbons (Fsp3) is 0.273. The molecule has 2 aromatic carbocycles. The summed E-state index contributed by atoms with van der Waals surface area (Å²) < 4.78 is 7.33. The Morgan fingerprint density at radius 3 is 2.75 bits per heavy atom. The number of hydrogen-bond donors (Lipinski definition) is 1. The highest BCUT2D eigenvalue weighted by molar-refractivity contribution is 5.92. The molecule has 6 nitrogen and oxygen atoms in total. The minimum Gasteiger partial charge on any atom is -0.497 e. The van der Waals surface area contributed by atoms with E-state index in [9.17, 15) is 0 Å². The zero-order valence-corrected chi connectivity index (χ0v) is 15.9. The van der Waals surface area contributed by atoms with Gasteiger partial charge in [-0.15, -0.1) is 0 Å².